The smallest absolute Gasteiger partial charge is 0.205 e. The highest BCUT2D eigenvalue weighted by molar-refractivity contribution is 7.98. The summed E-state index contributed by atoms with van der Waals surface area (Å²) < 4.78 is 7.88. The Kier molecular flexibility index (Phi) is 5.59. The Morgan fingerprint density at radius 1 is 1.04 bits per heavy atom. The first-order chi connectivity index (χ1) is 13.2. The molecular weight excluding hydrogens is 358 g/mol. The van der Waals surface area contributed by atoms with Gasteiger partial charge in [0.1, 0.15) is 5.76 Å². The average molecular weight is 384 g/mol. The predicted molar refractivity (Wildman–Crippen MR) is 106 cm³/mol. The maximum atomic E-state index is 5.71. The number of hydrogen-bond acceptors (Lipinski definition) is 6. The van der Waals surface area contributed by atoms with Crippen molar-refractivity contribution in [2.45, 2.75) is 50.6 Å². The number of benzene rings is 1. The van der Waals surface area contributed by atoms with Crippen molar-refractivity contribution < 1.29 is 4.42 Å². The molecule has 1 aliphatic rings. The van der Waals surface area contributed by atoms with Gasteiger partial charge < -0.3 is 4.42 Å². The molecule has 0 aliphatic carbocycles. The normalized spacial score (nSPS) is 15.3. The van der Waals surface area contributed by atoms with Crippen molar-refractivity contribution in [2.75, 3.05) is 13.1 Å². The highest BCUT2D eigenvalue weighted by Crippen LogP contribution is 2.26. The molecule has 3 aromatic rings. The van der Waals surface area contributed by atoms with Gasteiger partial charge in [-0.3, -0.25) is 9.47 Å². The maximum Gasteiger partial charge on any atom is 0.205 e. The van der Waals surface area contributed by atoms with E-state index in [0.29, 0.717) is 5.75 Å². The van der Waals surface area contributed by atoms with Crippen LogP contribution < -0.4 is 0 Å². The summed E-state index contributed by atoms with van der Waals surface area (Å²) in [5.41, 5.74) is 2.04. The molecule has 1 fully saturated rings. The highest BCUT2D eigenvalue weighted by atomic mass is 32.2. The average Bonchev–Trinajstić information content (AvgIpc) is 3.24. The van der Waals surface area contributed by atoms with Crippen molar-refractivity contribution in [1.82, 2.24) is 24.6 Å². The molecule has 0 radical (unpaired) electrons. The number of aromatic nitrogens is 4. The number of oxazole rings is 1. The van der Waals surface area contributed by atoms with E-state index in [-0.39, 0.29) is 0 Å². The fraction of sp³-hybridized carbons (Fsp3) is 0.450. The van der Waals surface area contributed by atoms with Crippen LogP contribution in [-0.4, -0.2) is 37.7 Å². The molecule has 1 aromatic carbocycles. The van der Waals surface area contributed by atoms with Crippen molar-refractivity contribution >= 4 is 11.8 Å². The lowest BCUT2D eigenvalue weighted by atomic mass is 10.1. The van der Waals surface area contributed by atoms with Crippen molar-refractivity contribution in [1.29, 1.82) is 0 Å². The molecule has 3 heterocycles. The summed E-state index contributed by atoms with van der Waals surface area (Å²) in [5, 5.41) is 9.88. The van der Waals surface area contributed by atoms with Crippen LogP contribution >= 0.6 is 11.8 Å². The van der Waals surface area contributed by atoms with E-state index in [1.807, 2.05) is 19.9 Å². The zero-order valence-electron chi connectivity index (χ0n) is 15.9. The van der Waals surface area contributed by atoms with Crippen LogP contribution in [0.5, 0.6) is 0 Å². The highest BCUT2D eigenvalue weighted by Gasteiger charge is 2.19. The number of piperidine rings is 1. The fourth-order valence-electron chi connectivity index (χ4n) is 3.38. The molecule has 0 unspecified atom stereocenters. The van der Waals surface area contributed by atoms with E-state index in [4.69, 9.17) is 4.42 Å². The van der Waals surface area contributed by atoms with Gasteiger partial charge in [-0.25, -0.2) is 4.98 Å². The van der Waals surface area contributed by atoms with Crippen LogP contribution in [0.3, 0.4) is 0 Å². The van der Waals surface area contributed by atoms with Crippen LogP contribution in [0.1, 0.15) is 42.4 Å². The van der Waals surface area contributed by atoms with E-state index >= 15 is 0 Å². The lowest BCUT2D eigenvalue weighted by Gasteiger charge is -2.26. The van der Waals surface area contributed by atoms with Crippen molar-refractivity contribution in [2.24, 2.45) is 0 Å². The third-order valence-corrected chi connectivity index (χ3v) is 5.84. The molecule has 2 aromatic heterocycles. The van der Waals surface area contributed by atoms with Gasteiger partial charge in [0.2, 0.25) is 5.89 Å². The molecule has 6 nitrogen and oxygen atoms in total. The van der Waals surface area contributed by atoms with Gasteiger partial charge in [0, 0.05) is 5.69 Å². The molecule has 0 amide bonds. The second-order valence-electron chi connectivity index (χ2n) is 6.94. The third-order valence-electron chi connectivity index (χ3n) is 4.93. The van der Waals surface area contributed by atoms with Crippen LogP contribution in [0.4, 0.5) is 0 Å². The van der Waals surface area contributed by atoms with Crippen LogP contribution in [0, 0.1) is 13.8 Å². The minimum Gasteiger partial charge on any atom is -0.445 e. The number of thioether (sulfide) groups is 1. The molecule has 0 N–H and O–H groups in total. The largest absolute Gasteiger partial charge is 0.445 e. The lowest BCUT2D eigenvalue weighted by molar-refractivity contribution is 0.214. The summed E-state index contributed by atoms with van der Waals surface area (Å²) in [4.78, 5) is 6.95. The van der Waals surface area contributed by atoms with Gasteiger partial charge in [-0.2, -0.15) is 0 Å². The maximum absolute atomic E-state index is 5.71. The van der Waals surface area contributed by atoms with E-state index in [1.54, 1.807) is 11.8 Å². The van der Waals surface area contributed by atoms with Gasteiger partial charge in [0.15, 0.2) is 11.0 Å². The Morgan fingerprint density at radius 3 is 2.52 bits per heavy atom. The molecule has 0 atom stereocenters. The second kappa shape index (κ2) is 8.27. The molecule has 27 heavy (non-hydrogen) atoms. The summed E-state index contributed by atoms with van der Waals surface area (Å²) in [7, 11) is 0. The van der Waals surface area contributed by atoms with E-state index in [2.05, 4.69) is 48.9 Å². The van der Waals surface area contributed by atoms with Crippen LogP contribution in [0.15, 0.2) is 39.9 Å². The Labute approximate surface area is 164 Å². The Morgan fingerprint density at radius 2 is 1.81 bits per heavy atom. The zero-order valence-corrected chi connectivity index (χ0v) is 16.7. The lowest BCUT2D eigenvalue weighted by Crippen LogP contribution is -2.30. The van der Waals surface area contributed by atoms with E-state index in [1.165, 1.54) is 19.3 Å². The van der Waals surface area contributed by atoms with Gasteiger partial charge >= 0.3 is 0 Å². The van der Waals surface area contributed by atoms with Gasteiger partial charge in [-0.05, 0) is 51.9 Å². The van der Waals surface area contributed by atoms with Crippen LogP contribution in [0.25, 0.3) is 5.69 Å². The molecule has 142 valence electrons. The summed E-state index contributed by atoms with van der Waals surface area (Å²) in [6.07, 6.45) is 3.87. The van der Waals surface area contributed by atoms with Crippen LogP contribution in [-0.2, 0) is 12.3 Å². The first-order valence-electron chi connectivity index (χ1n) is 9.48. The number of hydrogen-bond donors (Lipinski definition) is 0. The fourth-order valence-corrected chi connectivity index (χ4v) is 4.19. The number of rotatable bonds is 6. The first-order valence-corrected chi connectivity index (χ1v) is 10.5. The second-order valence-corrected chi connectivity index (χ2v) is 7.89. The molecule has 0 saturated carbocycles. The first kappa shape index (κ1) is 18.3. The van der Waals surface area contributed by atoms with E-state index in [0.717, 1.165) is 53.6 Å². The molecular formula is C20H25N5OS. The van der Waals surface area contributed by atoms with Gasteiger partial charge in [-0.1, -0.05) is 36.4 Å². The molecule has 0 bridgehead atoms. The van der Waals surface area contributed by atoms with Gasteiger partial charge in [-0.15, -0.1) is 10.2 Å². The standard InChI is InChI=1S/C20H25N5OS/c1-15-16(2)26-19(21-15)14-27-20-23-22-18(13-24-11-7-4-8-12-24)25(20)17-9-5-3-6-10-17/h3,5-6,9-10H,4,7-8,11-14H2,1-2H3. The summed E-state index contributed by atoms with van der Waals surface area (Å²) in [5.74, 6) is 3.24. The summed E-state index contributed by atoms with van der Waals surface area (Å²) in [6.45, 7) is 7.02. The number of likely N-dealkylation sites (tertiary alicyclic amines) is 1. The SMILES string of the molecule is Cc1nc(CSc2nnc(CN3CCCCC3)n2-c2ccccc2)oc1C. The minimum atomic E-state index is 0.642. The zero-order chi connectivity index (χ0) is 18.6. The Balaban J connectivity index is 1.58. The Hall–Kier alpha value is -2.12. The topological polar surface area (TPSA) is 60.0 Å². The van der Waals surface area contributed by atoms with Crippen LogP contribution in [0.2, 0.25) is 0 Å². The van der Waals surface area contributed by atoms with Crippen molar-refractivity contribution in [3.05, 3.63) is 53.5 Å². The van der Waals surface area contributed by atoms with Gasteiger partial charge in [0.25, 0.3) is 0 Å². The molecule has 1 aliphatic heterocycles. The van der Waals surface area contributed by atoms with E-state index in [9.17, 15) is 0 Å². The Bertz CT molecular complexity index is 864. The van der Waals surface area contributed by atoms with Crippen molar-refractivity contribution in [3.8, 4) is 5.69 Å². The summed E-state index contributed by atoms with van der Waals surface area (Å²) in [6, 6.07) is 10.3. The quantitative estimate of drug-likeness (QED) is 0.596. The molecule has 0 spiro atoms. The van der Waals surface area contributed by atoms with E-state index < -0.39 is 0 Å². The van der Waals surface area contributed by atoms with Crippen molar-refractivity contribution in [3.63, 3.8) is 0 Å². The molecule has 4 rings (SSSR count). The number of nitrogens with zero attached hydrogens (tertiary/aromatic N) is 5. The van der Waals surface area contributed by atoms with Gasteiger partial charge in [0.05, 0.1) is 18.0 Å². The molecule has 7 heteroatoms. The number of para-hydroxylation sites is 1. The number of aryl methyl sites for hydroxylation is 2. The third kappa shape index (κ3) is 4.25. The summed E-state index contributed by atoms with van der Waals surface area (Å²) >= 11 is 1.61. The predicted octanol–water partition coefficient (Wildman–Crippen LogP) is 4.15. The monoisotopic (exact) mass is 383 g/mol. The molecule has 1 saturated heterocycles. The minimum absolute atomic E-state index is 0.642.